The minimum absolute atomic E-state index is 0.366. The van der Waals surface area contributed by atoms with Crippen molar-refractivity contribution in [2.45, 2.75) is 0 Å². The Hall–Kier alpha value is -2.88. The minimum atomic E-state index is -0.554. The molecular formula is C16H12N2O2. The number of fused-ring (bicyclic) bond motifs is 2. The quantitative estimate of drug-likeness (QED) is 0.613. The van der Waals surface area contributed by atoms with E-state index >= 15 is 0 Å². The molecule has 1 aliphatic rings. The minimum Gasteiger partial charge on any atom is -0.357 e. The maximum Gasteiger partial charge on any atom is 0.298 e. The van der Waals surface area contributed by atoms with Crippen molar-refractivity contribution < 1.29 is 9.59 Å². The van der Waals surface area contributed by atoms with Crippen molar-refractivity contribution in [2.75, 3.05) is 5.32 Å². The summed E-state index contributed by atoms with van der Waals surface area (Å²) in [4.78, 5) is 24.1. The molecule has 0 saturated heterocycles. The van der Waals surface area contributed by atoms with E-state index < -0.39 is 11.7 Å². The molecule has 0 unspecified atom stereocenters. The fraction of sp³-hybridized carbons (Fsp3) is 0. The van der Waals surface area contributed by atoms with E-state index in [2.05, 4.69) is 58.8 Å². The van der Waals surface area contributed by atoms with Crippen molar-refractivity contribution >= 4 is 28.2 Å². The van der Waals surface area contributed by atoms with Crippen molar-refractivity contribution in [2.24, 2.45) is 0 Å². The lowest BCUT2D eigenvalue weighted by molar-refractivity contribution is -0.112. The smallest absolute Gasteiger partial charge is 0.298 e. The van der Waals surface area contributed by atoms with Crippen LogP contribution < -0.4 is 5.32 Å². The molecule has 4 rings (SSSR count). The van der Waals surface area contributed by atoms with Gasteiger partial charge < -0.3 is 10.3 Å². The van der Waals surface area contributed by atoms with Gasteiger partial charge in [0, 0.05) is 6.20 Å². The number of hydrogen-bond acceptors (Lipinski definition) is 2. The van der Waals surface area contributed by atoms with E-state index in [1.54, 1.807) is 12.3 Å². The number of rotatable bonds is 0. The maximum atomic E-state index is 10.8. The molecule has 20 heavy (non-hydrogen) atoms. The van der Waals surface area contributed by atoms with Crippen molar-refractivity contribution in [3.05, 3.63) is 66.5 Å². The summed E-state index contributed by atoms with van der Waals surface area (Å²) in [7, 11) is 0. The molecule has 1 amide bonds. The van der Waals surface area contributed by atoms with Gasteiger partial charge in [0.2, 0.25) is 0 Å². The molecule has 2 heterocycles. The molecule has 0 fully saturated rings. The molecular weight excluding hydrogens is 252 g/mol. The van der Waals surface area contributed by atoms with Crippen LogP contribution in [0.4, 0.5) is 5.69 Å². The summed E-state index contributed by atoms with van der Waals surface area (Å²) in [6.07, 6.45) is 1.61. The van der Waals surface area contributed by atoms with Crippen LogP contribution in [0.5, 0.6) is 0 Å². The number of benzene rings is 2. The molecule has 98 valence electrons. The molecule has 0 bridgehead atoms. The van der Waals surface area contributed by atoms with Crippen LogP contribution in [0.15, 0.2) is 60.8 Å². The summed E-state index contributed by atoms with van der Waals surface area (Å²) in [5.74, 6) is -1.04. The van der Waals surface area contributed by atoms with Crippen LogP contribution in [-0.2, 0) is 4.79 Å². The number of carbonyl (C=O) groups is 2. The molecule has 2 N–H and O–H groups in total. The second-order valence-corrected chi connectivity index (χ2v) is 4.40. The highest BCUT2D eigenvalue weighted by molar-refractivity contribution is 6.51. The monoisotopic (exact) mass is 264 g/mol. The highest BCUT2D eigenvalue weighted by Gasteiger charge is 2.28. The number of anilines is 1. The van der Waals surface area contributed by atoms with Crippen LogP contribution in [0.1, 0.15) is 10.5 Å². The standard InChI is InChI=1S/C10H8.C6H4N2O2/c1-2-6-10-8-4-3-7-9(10)5-1;9-5-4-3(1-2-7-4)8-6(5)10/h1-8H;1-2,7H,(H,8,9,10). The molecule has 0 spiro atoms. The van der Waals surface area contributed by atoms with Gasteiger partial charge in [0.15, 0.2) is 0 Å². The van der Waals surface area contributed by atoms with Crippen molar-refractivity contribution in [1.29, 1.82) is 0 Å². The average Bonchev–Trinajstić information content (AvgIpc) is 3.04. The first-order chi connectivity index (χ1) is 9.75. The first kappa shape index (κ1) is 12.2. The average molecular weight is 264 g/mol. The van der Waals surface area contributed by atoms with Crippen molar-refractivity contribution in [1.82, 2.24) is 4.98 Å². The molecule has 0 atom stereocenters. The third-order valence-electron chi connectivity index (χ3n) is 3.09. The Balaban J connectivity index is 0.000000121. The first-order valence-corrected chi connectivity index (χ1v) is 6.22. The molecule has 0 saturated carbocycles. The van der Waals surface area contributed by atoms with Gasteiger partial charge in [-0.25, -0.2) is 0 Å². The topological polar surface area (TPSA) is 62.0 Å². The predicted octanol–water partition coefficient (Wildman–Crippen LogP) is 2.99. The maximum absolute atomic E-state index is 10.8. The Kier molecular flexibility index (Phi) is 3.05. The lowest BCUT2D eigenvalue weighted by Gasteiger charge is -1.92. The lowest BCUT2D eigenvalue weighted by Crippen LogP contribution is -2.13. The van der Waals surface area contributed by atoms with Gasteiger partial charge in [0.25, 0.3) is 11.7 Å². The zero-order valence-corrected chi connectivity index (χ0v) is 10.6. The van der Waals surface area contributed by atoms with Gasteiger partial charge in [0.05, 0.1) is 5.69 Å². The fourth-order valence-corrected chi connectivity index (χ4v) is 2.09. The van der Waals surface area contributed by atoms with Crippen molar-refractivity contribution in [3.8, 4) is 0 Å². The van der Waals surface area contributed by atoms with E-state index in [4.69, 9.17) is 0 Å². The Morgan fingerprint density at radius 1 is 0.750 bits per heavy atom. The van der Waals surface area contributed by atoms with Crippen LogP contribution in [0.25, 0.3) is 10.8 Å². The van der Waals surface area contributed by atoms with E-state index in [1.807, 2.05) is 0 Å². The first-order valence-electron chi connectivity index (χ1n) is 6.22. The Labute approximate surface area is 115 Å². The second kappa shape index (κ2) is 5.01. The Bertz CT molecular complexity index is 724. The van der Waals surface area contributed by atoms with Crippen LogP contribution in [0.3, 0.4) is 0 Å². The summed E-state index contributed by atoms with van der Waals surface area (Å²) in [5.41, 5.74) is 0.944. The Morgan fingerprint density at radius 2 is 1.30 bits per heavy atom. The number of carbonyl (C=O) groups excluding carboxylic acids is 2. The number of H-pyrrole nitrogens is 1. The van der Waals surface area contributed by atoms with Gasteiger partial charge in [0.1, 0.15) is 5.69 Å². The second-order valence-electron chi connectivity index (χ2n) is 4.40. The fourth-order valence-electron chi connectivity index (χ4n) is 2.09. The van der Waals surface area contributed by atoms with Crippen LogP contribution in [0.2, 0.25) is 0 Å². The highest BCUT2D eigenvalue weighted by Crippen LogP contribution is 2.19. The number of aromatic amines is 1. The zero-order valence-electron chi connectivity index (χ0n) is 10.6. The van der Waals surface area contributed by atoms with Crippen LogP contribution >= 0.6 is 0 Å². The molecule has 3 aromatic rings. The largest absolute Gasteiger partial charge is 0.357 e. The van der Waals surface area contributed by atoms with E-state index in [-0.39, 0.29) is 0 Å². The molecule has 1 aliphatic heterocycles. The third-order valence-corrected chi connectivity index (χ3v) is 3.09. The predicted molar refractivity (Wildman–Crippen MR) is 77.7 cm³/mol. The normalized spacial score (nSPS) is 12.6. The molecule has 1 aromatic heterocycles. The third kappa shape index (κ3) is 2.19. The lowest BCUT2D eigenvalue weighted by atomic mass is 10.1. The number of hydrogen-bond donors (Lipinski definition) is 2. The summed E-state index contributed by atoms with van der Waals surface area (Å²) < 4.78 is 0. The summed E-state index contributed by atoms with van der Waals surface area (Å²) in [6, 6.07) is 18.4. The SMILES string of the molecule is O=C1Nc2cc[nH]c2C1=O.c1ccc2ccccc2c1. The van der Waals surface area contributed by atoms with Crippen molar-refractivity contribution in [3.63, 3.8) is 0 Å². The number of nitrogens with one attached hydrogen (secondary N) is 2. The number of amides is 1. The number of aromatic nitrogens is 1. The van der Waals surface area contributed by atoms with Gasteiger partial charge >= 0.3 is 0 Å². The molecule has 4 nitrogen and oxygen atoms in total. The van der Waals surface area contributed by atoms with E-state index in [1.165, 1.54) is 10.8 Å². The van der Waals surface area contributed by atoms with Gasteiger partial charge in [-0.2, -0.15) is 0 Å². The number of Topliss-reactive ketones (excluding diaryl/α,β-unsaturated/α-hetero) is 1. The molecule has 2 aromatic carbocycles. The Morgan fingerprint density at radius 3 is 1.80 bits per heavy atom. The van der Waals surface area contributed by atoms with Gasteiger partial charge in [-0.3, -0.25) is 9.59 Å². The van der Waals surface area contributed by atoms with E-state index in [9.17, 15) is 9.59 Å². The van der Waals surface area contributed by atoms with E-state index in [0.29, 0.717) is 11.4 Å². The van der Waals surface area contributed by atoms with Gasteiger partial charge in [-0.1, -0.05) is 48.5 Å². The molecule has 4 heteroatoms. The summed E-state index contributed by atoms with van der Waals surface area (Å²) >= 11 is 0. The summed E-state index contributed by atoms with van der Waals surface area (Å²) in [5, 5.41) is 5.03. The van der Waals surface area contributed by atoms with Crippen LogP contribution in [0, 0.1) is 0 Å². The van der Waals surface area contributed by atoms with Gasteiger partial charge in [-0.05, 0) is 16.8 Å². The highest BCUT2D eigenvalue weighted by atomic mass is 16.2. The van der Waals surface area contributed by atoms with Gasteiger partial charge in [-0.15, -0.1) is 0 Å². The molecule has 0 radical (unpaired) electrons. The van der Waals surface area contributed by atoms with E-state index in [0.717, 1.165) is 0 Å². The van der Waals surface area contributed by atoms with Crippen LogP contribution in [-0.4, -0.2) is 16.7 Å². The number of ketones is 1. The zero-order chi connectivity index (χ0) is 13.9. The molecule has 0 aliphatic carbocycles. The summed E-state index contributed by atoms with van der Waals surface area (Å²) in [6.45, 7) is 0.